The summed E-state index contributed by atoms with van der Waals surface area (Å²) in [6, 6.07) is 13.5. The Morgan fingerprint density at radius 1 is 0.972 bits per heavy atom. The zero-order valence-electron chi connectivity index (χ0n) is 18.3. The molecule has 2 heterocycles. The van der Waals surface area contributed by atoms with Gasteiger partial charge in [0.1, 0.15) is 4.90 Å². The van der Waals surface area contributed by atoms with E-state index >= 15 is 0 Å². The lowest BCUT2D eigenvalue weighted by atomic mass is 10.1. The Kier molecular flexibility index (Phi) is 5.60. The lowest BCUT2D eigenvalue weighted by Crippen LogP contribution is -2.03. The zero-order valence-corrected chi connectivity index (χ0v) is 20.7. The number of benzene rings is 3. The van der Waals surface area contributed by atoms with Crippen molar-refractivity contribution in [2.24, 2.45) is 10.2 Å². The molecule has 15 heteroatoms. The number of thiazole rings is 1. The number of azo groups is 1. The van der Waals surface area contributed by atoms with Gasteiger partial charge in [-0.05, 0) is 48.7 Å². The van der Waals surface area contributed by atoms with Crippen LogP contribution in [0.5, 0.6) is 0 Å². The van der Waals surface area contributed by atoms with E-state index in [1.165, 1.54) is 35.0 Å². The van der Waals surface area contributed by atoms with Crippen molar-refractivity contribution in [1.82, 2.24) is 14.8 Å². The van der Waals surface area contributed by atoms with Gasteiger partial charge >= 0.3 is 0 Å². The van der Waals surface area contributed by atoms with Gasteiger partial charge in [-0.1, -0.05) is 29.5 Å². The van der Waals surface area contributed by atoms with E-state index in [0.717, 1.165) is 11.3 Å². The van der Waals surface area contributed by atoms with Crippen molar-refractivity contribution in [2.75, 3.05) is 5.73 Å². The smallest absolute Gasteiger partial charge is 0.295 e. The van der Waals surface area contributed by atoms with Gasteiger partial charge in [-0.15, -0.1) is 10.2 Å². The lowest BCUT2D eigenvalue weighted by Gasteiger charge is -2.08. The SMILES string of the molecule is Cc1nn(-c2ccc3cccc(S(=O)(=O)O)c3c2)c(N)c1N=Nc1nc2cc(S(=O)(=O)O)ccc2s1. The third-order valence-electron chi connectivity index (χ3n) is 5.29. The van der Waals surface area contributed by atoms with Crippen molar-refractivity contribution in [3.05, 3.63) is 60.3 Å². The van der Waals surface area contributed by atoms with Gasteiger partial charge in [0.2, 0.25) is 5.13 Å². The molecule has 0 aliphatic heterocycles. The van der Waals surface area contributed by atoms with Gasteiger partial charge in [0.15, 0.2) is 11.5 Å². The first-order valence-electron chi connectivity index (χ1n) is 10.1. The molecule has 12 nitrogen and oxygen atoms in total. The summed E-state index contributed by atoms with van der Waals surface area (Å²) in [5, 5.41) is 13.8. The van der Waals surface area contributed by atoms with Crippen molar-refractivity contribution in [2.45, 2.75) is 16.7 Å². The third kappa shape index (κ3) is 4.33. The highest BCUT2D eigenvalue weighted by Crippen LogP contribution is 2.35. The van der Waals surface area contributed by atoms with Gasteiger partial charge < -0.3 is 5.73 Å². The maximum Gasteiger partial charge on any atom is 0.295 e. The van der Waals surface area contributed by atoms with Crippen LogP contribution in [0.3, 0.4) is 0 Å². The number of aromatic nitrogens is 3. The number of aryl methyl sites for hydroxylation is 1. The van der Waals surface area contributed by atoms with Crippen LogP contribution in [0.15, 0.2) is 74.6 Å². The van der Waals surface area contributed by atoms with E-state index in [1.54, 1.807) is 31.2 Å². The lowest BCUT2D eigenvalue weighted by molar-refractivity contribution is 0.481. The molecule has 5 aromatic rings. The monoisotopic (exact) mass is 544 g/mol. The molecule has 0 unspecified atom stereocenters. The van der Waals surface area contributed by atoms with Crippen LogP contribution in [0.4, 0.5) is 16.6 Å². The summed E-state index contributed by atoms with van der Waals surface area (Å²) in [6.07, 6.45) is 0. The first-order chi connectivity index (χ1) is 16.9. The molecule has 0 spiro atoms. The molecule has 0 saturated carbocycles. The van der Waals surface area contributed by atoms with E-state index in [4.69, 9.17) is 5.73 Å². The number of fused-ring (bicyclic) bond motifs is 2. The predicted molar refractivity (Wildman–Crippen MR) is 134 cm³/mol. The quantitative estimate of drug-likeness (QED) is 0.212. The molecular formula is C21H16N6O6S3. The highest BCUT2D eigenvalue weighted by molar-refractivity contribution is 7.86. The van der Waals surface area contributed by atoms with Crippen LogP contribution in [-0.2, 0) is 20.2 Å². The summed E-state index contributed by atoms with van der Waals surface area (Å²) in [6.45, 7) is 1.67. The Hall–Kier alpha value is -3.76. The second-order valence-corrected chi connectivity index (χ2v) is 11.5. The predicted octanol–water partition coefficient (Wildman–Crippen LogP) is 4.43. The normalized spacial score (nSPS) is 12.8. The van der Waals surface area contributed by atoms with E-state index in [2.05, 4.69) is 20.3 Å². The van der Waals surface area contributed by atoms with Crippen LogP contribution >= 0.6 is 11.3 Å². The van der Waals surface area contributed by atoms with Crippen molar-refractivity contribution in [3.8, 4) is 5.69 Å². The fraction of sp³-hybridized carbons (Fsp3) is 0.0476. The van der Waals surface area contributed by atoms with Crippen LogP contribution in [-0.4, -0.2) is 40.7 Å². The molecule has 0 aliphatic carbocycles. The molecule has 0 bridgehead atoms. The Labute approximate surface area is 208 Å². The van der Waals surface area contributed by atoms with Gasteiger partial charge in [-0.25, -0.2) is 9.67 Å². The van der Waals surface area contributed by atoms with Gasteiger partial charge in [0.25, 0.3) is 20.2 Å². The number of nitrogens with two attached hydrogens (primary N) is 1. The van der Waals surface area contributed by atoms with Gasteiger partial charge in [-0.3, -0.25) is 9.11 Å². The van der Waals surface area contributed by atoms with Crippen molar-refractivity contribution in [1.29, 1.82) is 0 Å². The highest BCUT2D eigenvalue weighted by Gasteiger charge is 2.18. The number of hydrogen-bond acceptors (Lipinski definition) is 10. The second-order valence-electron chi connectivity index (χ2n) is 7.67. The fourth-order valence-electron chi connectivity index (χ4n) is 3.64. The molecule has 0 radical (unpaired) electrons. The number of nitrogens with zero attached hydrogens (tertiary/aromatic N) is 5. The summed E-state index contributed by atoms with van der Waals surface area (Å²) in [4.78, 5) is 3.71. The van der Waals surface area contributed by atoms with E-state index in [-0.39, 0.29) is 26.4 Å². The molecule has 0 aliphatic rings. The Balaban J connectivity index is 1.53. The molecule has 3 aromatic carbocycles. The molecule has 2 aromatic heterocycles. The van der Waals surface area contributed by atoms with Crippen LogP contribution < -0.4 is 5.73 Å². The minimum absolute atomic E-state index is 0.134. The molecule has 0 fully saturated rings. The second kappa shape index (κ2) is 8.42. The van der Waals surface area contributed by atoms with Crippen LogP contribution in [0.2, 0.25) is 0 Å². The standard InChI is InChI=1S/C21H16N6O6S3/c1-11-19(24-25-21-23-16-10-14(35(28,29)30)7-8-17(16)34-21)20(22)27(26-11)13-6-5-12-3-2-4-18(15(12)9-13)36(31,32)33/h2-10H,22H2,1H3,(H,28,29,30)(H,31,32,33). The average molecular weight is 545 g/mol. The molecule has 0 atom stereocenters. The molecular weight excluding hydrogens is 528 g/mol. The Morgan fingerprint density at radius 2 is 1.75 bits per heavy atom. The van der Waals surface area contributed by atoms with Gasteiger partial charge in [0, 0.05) is 5.39 Å². The molecule has 36 heavy (non-hydrogen) atoms. The summed E-state index contributed by atoms with van der Waals surface area (Å²) in [5.41, 5.74) is 7.75. The number of nitrogen functional groups attached to an aromatic ring is 1. The first kappa shape index (κ1) is 24.0. The number of rotatable bonds is 5. The highest BCUT2D eigenvalue weighted by atomic mass is 32.2. The minimum Gasteiger partial charge on any atom is -0.382 e. The Morgan fingerprint density at radius 3 is 2.47 bits per heavy atom. The maximum atomic E-state index is 11.8. The van der Waals surface area contributed by atoms with Gasteiger partial charge in [0.05, 0.1) is 26.5 Å². The van der Waals surface area contributed by atoms with Gasteiger partial charge in [-0.2, -0.15) is 21.9 Å². The van der Waals surface area contributed by atoms with Crippen LogP contribution in [0.25, 0.3) is 26.7 Å². The van der Waals surface area contributed by atoms with Crippen LogP contribution in [0.1, 0.15) is 5.69 Å². The number of anilines is 1. The van der Waals surface area contributed by atoms with Crippen molar-refractivity contribution in [3.63, 3.8) is 0 Å². The first-order valence-corrected chi connectivity index (χ1v) is 13.8. The van der Waals surface area contributed by atoms with E-state index in [0.29, 0.717) is 32.4 Å². The van der Waals surface area contributed by atoms with Crippen molar-refractivity contribution < 1.29 is 25.9 Å². The minimum atomic E-state index is -4.45. The summed E-state index contributed by atoms with van der Waals surface area (Å²) >= 11 is 1.16. The number of hydrogen-bond donors (Lipinski definition) is 3. The molecule has 0 saturated heterocycles. The largest absolute Gasteiger partial charge is 0.382 e. The van der Waals surface area contributed by atoms with E-state index < -0.39 is 20.2 Å². The third-order valence-corrected chi connectivity index (χ3v) is 7.97. The maximum absolute atomic E-state index is 11.8. The fourth-order valence-corrected chi connectivity index (χ4v) is 5.61. The topological polar surface area (TPSA) is 190 Å². The van der Waals surface area contributed by atoms with Crippen molar-refractivity contribution >= 4 is 69.2 Å². The van der Waals surface area contributed by atoms with E-state index in [9.17, 15) is 25.9 Å². The Bertz CT molecular complexity index is 1930. The molecule has 184 valence electrons. The summed E-state index contributed by atoms with van der Waals surface area (Å²) < 4.78 is 67.1. The van der Waals surface area contributed by atoms with Crippen LogP contribution in [0, 0.1) is 6.92 Å². The zero-order chi connectivity index (χ0) is 25.8. The molecule has 5 rings (SSSR count). The molecule has 0 amide bonds. The van der Waals surface area contributed by atoms with E-state index in [1.807, 2.05) is 0 Å². The summed E-state index contributed by atoms with van der Waals surface area (Å²) in [7, 11) is -8.81. The average Bonchev–Trinajstić information content (AvgIpc) is 3.34. The molecule has 4 N–H and O–H groups in total. The summed E-state index contributed by atoms with van der Waals surface area (Å²) in [5.74, 6) is 0.134.